The highest BCUT2D eigenvalue weighted by Gasteiger charge is 2.39. The lowest BCUT2D eigenvalue weighted by atomic mass is 9.74. The van der Waals surface area contributed by atoms with E-state index in [1.807, 2.05) is 26.0 Å². The van der Waals surface area contributed by atoms with E-state index in [2.05, 4.69) is 15.9 Å². The van der Waals surface area contributed by atoms with Gasteiger partial charge in [-0.3, -0.25) is 4.79 Å². The van der Waals surface area contributed by atoms with E-state index in [0.717, 1.165) is 22.1 Å². The zero-order valence-electron chi connectivity index (χ0n) is 16.3. The highest BCUT2D eigenvalue weighted by Crippen LogP contribution is 2.43. The van der Waals surface area contributed by atoms with Crippen LogP contribution in [0.5, 0.6) is 5.75 Å². The fourth-order valence-electron chi connectivity index (χ4n) is 3.27. The Morgan fingerprint density at radius 2 is 1.83 bits per heavy atom. The summed E-state index contributed by atoms with van der Waals surface area (Å²) in [6.07, 6.45) is 1.74. The summed E-state index contributed by atoms with van der Waals surface area (Å²) in [5.74, 6) is -0.235. The number of halogens is 1. The molecule has 1 aliphatic rings. The summed E-state index contributed by atoms with van der Waals surface area (Å²) in [6.45, 7) is 4.01. The van der Waals surface area contributed by atoms with Crippen molar-refractivity contribution in [3.05, 3.63) is 44.7 Å². The highest BCUT2D eigenvalue weighted by atomic mass is 79.9. The standard InChI is InChI=1S/C20H21BrO6S2/c1-20(2)10-14-16(15(22)11-20)19(29(3,24)25)28-17(14)18(23)27-9-8-26-13-6-4-12(21)5-7-13/h4-7H,8-11H2,1-3H3. The smallest absolute Gasteiger partial charge is 0.348 e. The van der Waals surface area contributed by atoms with Crippen LogP contribution in [0.1, 0.15) is 45.9 Å². The summed E-state index contributed by atoms with van der Waals surface area (Å²) in [7, 11) is -3.63. The van der Waals surface area contributed by atoms with Crippen molar-refractivity contribution in [2.75, 3.05) is 19.5 Å². The average Bonchev–Trinajstić information content (AvgIpc) is 2.99. The second kappa shape index (κ2) is 8.20. The third kappa shape index (κ3) is 5.07. The molecular formula is C20H21BrO6S2. The van der Waals surface area contributed by atoms with Gasteiger partial charge in [0.05, 0.1) is 5.56 Å². The van der Waals surface area contributed by atoms with Crippen molar-refractivity contribution < 1.29 is 27.5 Å². The minimum absolute atomic E-state index is 0.00706. The number of Topliss-reactive ketones (excluding diaryl/α,β-unsaturated/α-hetero) is 1. The van der Waals surface area contributed by atoms with Gasteiger partial charge >= 0.3 is 5.97 Å². The van der Waals surface area contributed by atoms with Gasteiger partial charge in [0.2, 0.25) is 0 Å². The molecule has 0 aliphatic heterocycles. The number of benzene rings is 1. The Balaban J connectivity index is 1.76. The third-order valence-electron chi connectivity index (χ3n) is 4.47. The van der Waals surface area contributed by atoms with Crippen LogP contribution in [0.3, 0.4) is 0 Å². The lowest BCUT2D eigenvalue weighted by Gasteiger charge is -2.29. The summed E-state index contributed by atoms with van der Waals surface area (Å²) >= 11 is 4.16. The molecule has 0 bridgehead atoms. The lowest BCUT2D eigenvalue weighted by molar-refractivity contribution is 0.0454. The van der Waals surface area contributed by atoms with Crippen molar-refractivity contribution in [1.82, 2.24) is 0 Å². The molecule has 0 unspecified atom stereocenters. The van der Waals surface area contributed by atoms with Crippen LogP contribution in [0.25, 0.3) is 0 Å². The first-order chi connectivity index (χ1) is 13.5. The number of hydrogen-bond acceptors (Lipinski definition) is 7. The first kappa shape index (κ1) is 22.0. The molecule has 1 aromatic carbocycles. The zero-order chi connectivity index (χ0) is 21.4. The van der Waals surface area contributed by atoms with Crippen LogP contribution in [0.4, 0.5) is 0 Å². The van der Waals surface area contributed by atoms with Gasteiger partial charge in [-0.25, -0.2) is 13.2 Å². The molecule has 156 valence electrons. The summed E-state index contributed by atoms with van der Waals surface area (Å²) in [5.41, 5.74) is 0.296. The number of carbonyl (C=O) groups excluding carboxylic acids is 2. The summed E-state index contributed by atoms with van der Waals surface area (Å²) in [6, 6.07) is 7.25. The fourth-order valence-corrected chi connectivity index (χ4v) is 5.96. The highest BCUT2D eigenvalue weighted by molar-refractivity contribution is 9.10. The molecule has 0 N–H and O–H groups in total. The van der Waals surface area contributed by atoms with Crippen LogP contribution in [-0.2, 0) is 21.0 Å². The Bertz CT molecular complexity index is 1050. The average molecular weight is 501 g/mol. The lowest BCUT2D eigenvalue weighted by Crippen LogP contribution is -2.28. The largest absolute Gasteiger partial charge is 0.490 e. The summed E-state index contributed by atoms with van der Waals surface area (Å²) < 4.78 is 36.0. The Labute approximate surface area is 182 Å². The molecule has 29 heavy (non-hydrogen) atoms. The number of carbonyl (C=O) groups is 2. The third-order valence-corrected chi connectivity index (χ3v) is 8.04. The molecule has 0 saturated carbocycles. The van der Waals surface area contributed by atoms with Crippen LogP contribution in [0.2, 0.25) is 0 Å². The molecule has 0 atom stereocenters. The van der Waals surface area contributed by atoms with Crippen molar-refractivity contribution in [3.63, 3.8) is 0 Å². The minimum Gasteiger partial charge on any atom is -0.490 e. The van der Waals surface area contributed by atoms with Crippen LogP contribution >= 0.6 is 27.3 Å². The van der Waals surface area contributed by atoms with Crippen LogP contribution in [-0.4, -0.2) is 39.6 Å². The van der Waals surface area contributed by atoms with E-state index in [-0.39, 0.29) is 45.5 Å². The van der Waals surface area contributed by atoms with E-state index in [4.69, 9.17) is 9.47 Å². The number of sulfone groups is 1. The number of rotatable bonds is 6. The van der Waals surface area contributed by atoms with E-state index in [1.165, 1.54) is 0 Å². The Kier molecular flexibility index (Phi) is 6.21. The predicted octanol–water partition coefficient (Wildman–Crippen LogP) is 4.31. The van der Waals surface area contributed by atoms with Crippen LogP contribution in [0.15, 0.2) is 32.9 Å². The number of hydrogen-bond donors (Lipinski definition) is 0. The van der Waals surface area contributed by atoms with Gasteiger partial charge in [-0.15, -0.1) is 11.3 Å². The van der Waals surface area contributed by atoms with Crippen molar-refractivity contribution in [2.45, 2.75) is 30.9 Å². The topological polar surface area (TPSA) is 86.7 Å². The van der Waals surface area contributed by atoms with Crippen LogP contribution in [0, 0.1) is 5.41 Å². The molecule has 1 heterocycles. The van der Waals surface area contributed by atoms with Gasteiger partial charge in [0.25, 0.3) is 0 Å². The molecule has 1 aliphatic carbocycles. The van der Waals surface area contributed by atoms with Gasteiger partial charge in [0.1, 0.15) is 28.0 Å². The van der Waals surface area contributed by atoms with E-state index in [0.29, 0.717) is 17.7 Å². The van der Waals surface area contributed by atoms with Crippen molar-refractivity contribution >= 4 is 48.9 Å². The fraction of sp³-hybridized carbons (Fsp3) is 0.400. The summed E-state index contributed by atoms with van der Waals surface area (Å²) in [5, 5.41) is 0. The van der Waals surface area contributed by atoms with Gasteiger partial charge in [0, 0.05) is 17.1 Å². The van der Waals surface area contributed by atoms with Crippen molar-refractivity contribution in [3.8, 4) is 5.75 Å². The van der Waals surface area contributed by atoms with Crippen molar-refractivity contribution in [2.24, 2.45) is 5.41 Å². The van der Waals surface area contributed by atoms with Crippen LogP contribution < -0.4 is 4.74 Å². The van der Waals surface area contributed by atoms with E-state index < -0.39 is 15.8 Å². The monoisotopic (exact) mass is 500 g/mol. The molecule has 6 nitrogen and oxygen atoms in total. The minimum atomic E-state index is -3.63. The maximum Gasteiger partial charge on any atom is 0.348 e. The molecule has 3 rings (SSSR count). The number of ether oxygens (including phenoxy) is 2. The normalized spacial score (nSPS) is 15.7. The van der Waals surface area contributed by atoms with Gasteiger partial charge in [-0.2, -0.15) is 0 Å². The SMILES string of the molecule is CC1(C)CC(=O)c2c(S(C)(=O)=O)sc(C(=O)OCCOc3ccc(Br)cc3)c2C1. The first-order valence-electron chi connectivity index (χ1n) is 8.92. The van der Waals surface area contributed by atoms with E-state index >= 15 is 0 Å². The molecule has 0 spiro atoms. The van der Waals surface area contributed by atoms with Gasteiger partial charge in [0.15, 0.2) is 15.6 Å². The Morgan fingerprint density at radius 3 is 2.45 bits per heavy atom. The second-order valence-corrected chi connectivity index (χ2v) is 11.9. The number of esters is 1. The number of ketones is 1. The molecular weight excluding hydrogens is 480 g/mol. The number of fused-ring (bicyclic) bond motifs is 1. The Morgan fingerprint density at radius 1 is 1.17 bits per heavy atom. The molecule has 0 amide bonds. The molecule has 1 aromatic heterocycles. The van der Waals surface area contributed by atoms with E-state index in [1.54, 1.807) is 12.1 Å². The zero-order valence-corrected chi connectivity index (χ0v) is 19.5. The van der Waals surface area contributed by atoms with Gasteiger partial charge < -0.3 is 9.47 Å². The molecule has 0 saturated heterocycles. The molecule has 9 heteroatoms. The maximum absolute atomic E-state index is 12.7. The molecule has 0 fully saturated rings. The molecule has 2 aromatic rings. The molecule has 0 radical (unpaired) electrons. The van der Waals surface area contributed by atoms with Gasteiger partial charge in [-0.1, -0.05) is 29.8 Å². The maximum atomic E-state index is 12.7. The summed E-state index contributed by atoms with van der Waals surface area (Å²) in [4.78, 5) is 25.4. The van der Waals surface area contributed by atoms with Gasteiger partial charge in [-0.05, 0) is 41.7 Å². The predicted molar refractivity (Wildman–Crippen MR) is 114 cm³/mol. The quantitative estimate of drug-likeness (QED) is 0.433. The van der Waals surface area contributed by atoms with Crippen molar-refractivity contribution in [1.29, 1.82) is 0 Å². The van der Waals surface area contributed by atoms with E-state index in [9.17, 15) is 18.0 Å². The number of thiophene rings is 1. The Hall–Kier alpha value is -1.71. The second-order valence-electron chi connectivity index (χ2n) is 7.72. The first-order valence-corrected chi connectivity index (χ1v) is 12.4.